The van der Waals surface area contributed by atoms with Crippen LogP contribution in [0.15, 0.2) is 122 Å². The van der Waals surface area contributed by atoms with E-state index in [1.165, 1.54) is 51.4 Å². The number of hydrogen-bond donors (Lipinski definition) is 3. The number of allylic oxidation sites excluding steroid dienone is 20. The number of carbonyl (C=O) groups is 4. The monoisotopic (exact) mass is 1440 g/mol. The van der Waals surface area contributed by atoms with Crippen molar-refractivity contribution in [3.8, 4) is 0 Å². The first-order valence-corrected chi connectivity index (χ1v) is 41.8. The predicted octanol–water partition coefficient (Wildman–Crippen LogP) is 22.3. The lowest BCUT2D eigenvalue weighted by Crippen LogP contribution is -2.30. The quantitative estimate of drug-likeness (QED) is 0.0169. The van der Waals surface area contributed by atoms with E-state index in [1.807, 2.05) is 12.2 Å². The van der Waals surface area contributed by atoms with Crippen molar-refractivity contribution in [2.75, 3.05) is 39.6 Å². The van der Waals surface area contributed by atoms with Crippen molar-refractivity contribution < 1.29 is 80.2 Å². The van der Waals surface area contributed by atoms with Crippen LogP contribution in [-0.4, -0.2) is 96.7 Å². The topological polar surface area (TPSA) is 237 Å². The van der Waals surface area contributed by atoms with Crippen LogP contribution in [0.25, 0.3) is 0 Å². The van der Waals surface area contributed by atoms with E-state index in [0.29, 0.717) is 32.1 Å². The summed E-state index contributed by atoms with van der Waals surface area (Å²) in [6.45, 7) is 4.51. The number of aliphatic hydroxyl groups excluding tert-OH is 1. The second-order valence-corrected chi connectivity index (χ2v) is 28.4. The highest BCUT2D eigenvalue weighted by Gasteiger charge is 2.30. The van der Waals surface area contributed by atoms with Crippen LogP contribution in [0, 0.1) is 0 Å². The van der Waals surface area contributed by atoms with Gasteiger partial charge in [0, 0.05) is 25.7 Å². The highest BCUT2D eigenvalue weighted by atomic mass is 31.2. The Morgan fingerprint density at radius 3 is 0.880 bits per heavy atom. The van der Waals surface area contributed by atoms with Gasteiger partial charge in [0.2, 0.25) is 0 Å². The Morgan fingerprint density at radius 2 is 0.550 bits per heavy atom. The molecule has 0 saturated heterocycles. The summed E-state index contributed by atoms with van der Waals surface area (Å²) in [7, 11) is -9.97. The van der Waals surface area contributed by atoms with E-state index in [1.54, 1.807) is 0 Å². The van der Waals surface area contributed by atoms with E-state index in [4.69, 9.17) is 37.0 Å². The molecule has 574 valence electrons. The molecule has 0 amide bonds. The Morgan fingerprint density at radius 1 is 0.290 bits per heavy atom. The number of ether oxygens (including phenoxy) is 4. The van der Waals surface area contributed by atoms with Gasteiger partial charge in [-0.05, 0) is 122 Å². The number of phosphoric ester groups is 2. The number of phosphoric acid groups is 2. The number of hydrogen-bond acceptors (Lipinski definition) is 15. The maximum atomic E-state index is 13.1. The van der Waals surface area contributed by atoms with Crippen LogP contribution in [0.2, 0.25) is 0 Å². The summed E-state index contributed by atoms with van der Waals surface area (Å²) in [6, 6.07) is 0. The largest absolute Gasteiger partial charge is 0.472 e. The fourth-order valence-electron chi connectivity index (χ4n) is 10.1. The summed E-state index contributed by atoms with van der Waals surface area (Å²) in [5.41, 5.74) is 0. The summed E-state index contributed by atoms with van der Waals surface area (Å²) in [4.78, 5) is 72.9. The molecule has 0 aromatic heterocycles. The maximum Gasteiger partial charge on any atom is 0.472 e. The fourth-order valence-corrected chi connectivity index (χ4v) is 11.7. The summed E-state index contributed by atoms with van der Waals surface area (Å²) >= 11 is 0. The molecule has 0 aliphatic rings. The van der Waals surface area contributed by atoms with Gasteiger partial charge in [-0.3, -0.25) is 37.3 Å². The third kappa shape index (κ3) is 71.8. The smallest absolute Gasteiger partial charge is 0.462 e. The zero-order chi connectivity index (χ0) is 73.2. The SMILES string of the molecule is CC/C=C\C/C=C\C/C=C\C/C=C\C/C=C\CCCC(=O)OCC(COP(=O)(O)OCC(O)COP(=O)(O)OCC(COC(=O)CCCCCCCCC/C=C\C/C=C\C/C=C\CC)OC(=O)CCCCCCCCCCCCCCC)OC(=O)CCCCCCC/C=C\C/C=C\CCC. The van der Waals surface area contributed by atoms with Gasteiger partial charge in [0.25, 0.3) is 0 Å². The standard InChI is InChI=1S/C81H138O17P2/c1-5-9-13-17-21-25-29-33-35-37-39-43-45-49-53-57-61-65-78(83)91-71-76(97-80(85)67-63-59-55-51-47-41-31-27-23-19-15-11-7-3)73-95-99(87,88)93-69-75(82)70-94-100(89,90)96-74-77(98-81(86)68-64-60-56-52-48-42-32-28-24-20-16-12-8-4)72-92-79(84)66-62-58-54-50-46-44-40-38-36-34-30-26-22-18-14-10-6-2/h9-10,13-15,19,21-22,25-27,31,33-36,39,43,49,53,75-77,82H,5-8,11-12,16-18,20,23-24,28-30,32,37-38,40-42,44-48,50-52,54-74H2,1-4H3,(H,87,88)(H,89,90)/b13-9-,14-10-,19-15-,25-21-,26-22-,31-27-,35-33-,36-34-,43-39-,53-49-. The van der Waals surface area contributed by atoms with Crippen molar-refractivity contribution in [3.05, 3.63) is 122 Å². The van der Waals surface area contributed by atoms with Gasteiger partial charge >= 0.3 is 39.5 Å². The van der Waals surface area contributed by atoms with Gasteiger partial charge in [-0.25, -0.2) is 9.13 Å². The number of aliphatic hydroxyl groups is 1. The molecule has 0 aliphatic heterocycles. The van der Waals surface area contributed by atoms with Crippen molar-refractivity contribution >= 4 is 39.5 Å². The Balaban J connectivity index is 5.39. The van der Waals surface area contributed by atoms with Crippen LogP contribution in [0.3, 0.4) is 0 Å². The maximum absolute atomic E-state index is 13.1. The zero-order valence-electron chi connectivity index (χ0n) is 62.6. The van der Waals surface area contributed by atoms with E-state index >= 15 is 0 Å². The van der Waals surface area contributed by atoms with Gasteiger partial charge in [-0.15, -0.1) is 0 Å². The van der Waals surface area contributed by atoms with Gasteiger partial charge in [-0.1, -0.05) is 284 Å². The van der Waals surface area contributed by atoms with Crippen molar-refractivity contribution in [2.24, 2.45) is 0 Å². The Hall–Kier alpha value is -4.54. The first-order chi connectivity index (χ1) is 48.7. The van der Waals surface area contributed by atoms with E-state index in [-0.39, 0.29) is 25.7 Å². The second-order valence-electron chi connectivity index (χ2n) is 25.5. The molecular formula is C81H138O17P2. The average molecular weight is 1450 g/mol. The Bertz CT molecular complexity index is 2370. The van der Waals surface area contributed by atoms with Crippen molar-refractivity contribution in [1.82, 2.24) is 0 Å². The Kier molecular flexibility index (Phi) is 69.5. The third-order valence-electron chi connectivity index (χ3n) is 15.9. The minimum absolute atomic E-state index is 0.0646. The van der Waals surface area contributed by atoms with Gasteiger partial charge in [-0.2, -0.15) is 0 Å². The highest BCUT2D eigenvalue weighted by Crippen LogP contribution is 2.45. The van der Waals surface area contributed by atoms with Crippen LogP contribution in [0.1, 0.15) is 310 Å². The lowest BCUT2D eigenvalue weighted by molar-refractivity contribution is -0.161. The molecule has 0 aromatic rings. The molecule has 0 spiro atoms. The summed E-state index contributed by atoms with van der Waals surface area (Å²) in [5, 5.41) is 10.6. The molecule has 100 heavy (non-hydrogen) atoms. The molecule has 0 saturated carbocycles. The first kappa shape index (κ1) is 95.5. The highest BCUT2D eigenvalue weighted by molar-refractivity contribution is 7.47. The van der Waals surface area contributed by atoms with E-state index in [2.05, 4.69) is 137 Å². The molecule has 5 unspecified atom stereocenters. The fraction of sp³-hybridized carbons (Fsp3) is 0.704. The minimum Gasteiger partial charge on any atom is -0.462 e. The third-order valence-corrected chi connectivity index (χ3v) is 17.8. The summed E-state index contributed by atoms with van der Waals surface area (Å²) in [6.07, 6.45) is 79.1. The van der Waals surface area contributed by atoms with E-state index < -0.39 is 97.5 Å². The van der Waals surface area contributed by atoms with E-state index in [0.717, 1.165) is 173 Å². The van der Waals surface area contributed by atoms with Gasteiger partial charge in [0.1, 0.15) is 19.3 Å². The number of esters is 4. The molecule has 0 fully saturated rings. The van der Waals surface area contributed by atoms with Crippen LogP contribution in [0.4, 0.5) is 0 Å². The van der Waals surface area contributed by atoms with Crippen LogP contribution >= 0.6 is 15.6 Å². The second kappa shape index (κ2) is 72.8. The van der Waals surface area contributed by atoms with Crippen LogP contribution < -0.4 is 0 Å². The van der Waals surface area contributed by atoms with Crippen molar-refractivity contribution in [1.29, 1.82) is 0 Å². The molecule has 0 rings (SSSR count). The van der Waals surface area contributed by atoms with Crippen molar-refractivity contribution in [2.45, 2.75) is 329 Å². The lowest BCUT2D eigenvalue weighted by Gasteiger charge is -2.21. The Labute approximate surface area is 606 Å². The lowest BCUT2D eigenvalue weighted by atomic mass is 10.0. The molecule has 3 N–H and O–H groups in total. The van der Waals surface area contributed by atoms with Gasteiger partial charge < -0.3 is 33.8 Å². The molecule has 0 bridgehead atoms. The van der Waals surface area contributed by atoms with Gasteiger partial charge in [0.15, 0.2) is 12.2 Å². The number of carbonyl (C=O) groups excluding carboxylic acids is 4. The molecule has 0 aliphatic carbocycles. The molecule has 19 heteroatoms. The van der Waals surface area contributed by atoms with Crippen LogP contribution in [0.5, 0.6) is 0 Å². The summed E-state index contributed by atoms with van der Waals surface area (Å²) in [5.74, 6) is -2.26. The zero-order valence-corrected chi connectivity index (χ0v) is 64.4. The molecule has 0 heterocycles. The molecule has 5 atom stereocenters. The molecule has 0 radical (unpaired) electrons. The number of unbranched alkanes of at least 4 members (excludes halogenated alkanes) is 26. The minimum atomic E-state index is -4.99. The predicted molar refractivity (Wildman–Crippen MR) is 408 cm³/mol. The van der Waals surface area contributed by atoms with Gasteiger partial charge in [0.05, 0.1) is 26.4 Å². The van der Waals surface area contributed by atoms with Crippen molar-refractivity contribution in [3.63, 3.8) is 0 Å². The molecule has 17 nitrogen and oxygen atoms in total. The average Bonchev–Trinajstić information content (AvgIpc) is 0.943. The molecule has 0 aromatic carbocycles. The van der Waals surface area contributed by atoms with Crippen LogP contribution in [-0.2, 0) is 65.4 Å². The number of rotatable bonds is 72. The van der Waals surface area contributed by atoms with E-state index in [9.17, 15) is 43.2 Å². The molecular weight excluding hydrogens is 1310 g/mol. The first-order valence-electron chi connectivity index (χ1n) is 38.8. The summed E-state index contributed by atoms with van der Waals surface area (Å²) < 4.78 is 68.4. The normalized spacial score (nSPS) is 14.6.